The molecule has 24 heavy (non-hydrogen) atoms. The molecule has 0 saturated heterocycles. The van der Waals surface area contributed by atoms with Crippen molar-refractivity contribution in [3.63, 3.8) is 0 Å². The molecule has 0 aromatic carbocycles. The van der Waals surface area contributed by atoms with Gasteiger partial charge in [-0.2, -0.15) is 22.8 Å². The highest BCUT2D eigenvalue weighted by atomic mass is 19.4. The number of nitrogens with one attached hydrogen (secondary N) is 2. The Hall–Kier alpha value is -2.99. The molecule has 0 saturated carbocycles. The summed E-state index contributed by atoms with van der Waals surface area (Å²) >= 11 is 0. The van der Waals surface area contributed by atoms with Crippen molar-refractivity contribution in [3.05, 3.63) is 17.5 Å². The number of hydrogen-bond acceptors (Lipinski definition) is 6. The Morgan fingerprint density at radius 2 is 2.04 bits per heavy atom. The maximum Gasteiger partial charge on any atom is 0.451 e. The molecule has 3 N–H and O–H groups in total. The first-order valence-corrected chi connectivity index (χ1v) is 6.54. The van der Waals surface area contributed by atoms with Crippen LogP contribution in [0.5, 0.6) is 0 Å². The smallest absolute Gasteiger partial charge is 0.451 e. The second-order valence-electron chi connectivity index (χ2n) is 4.85. The highest BCUT2D eigenvalue weighted by molar-refractivity contribution is 5.90. The third-order valence-electron chi connectivity index (χ3n) is 2.76. The SMILES string of the molecule is Cc1nc(C(=O)NC(C)CC(=O)O)nn1-c1n[nH]c(C(F)(F)F)n1. The molecular weight excluding hydrogens is 335 g/mol. The molecule has 2 rings (SSSR count). The van der Waals surface area contributed by atoms with Crippen LogP contribution in [-0.2, 0) is 11.0 Å². The van der Waals surface area contributed by atoms with Gasteiger partial charge in [-0.25, -0.2) is 4.98 Å². The number of nitrogens with zero attached hydrogens (tertiary/aromatic N) is 5. The summed E-state index contributed by atoms with van der Waals surface area (Å²) in [5.74, 6) is -3.87. The van der Waals surface area contributed by atoms with Crippen LogP contribution in [-0.4, -0.2) is 53.0 Å². The van der Waals surface area contributed by atoms with Crippen molar-refractivity contribution in [2.24, 2.45) is 0 Å². The van der Waals surface area contributed by atoms with Crippen LogP contribution in [0.2, 0.25) is 0 Å². The number of aliphatic carboxylic acids is 1. The van der Waals surface area contributed by atoms with E-state index < -0.39 is 35.9 Å². The number of alkyl halides is 3. The Morgan fingerprint density at radius 3 is 2.58 bits per heavy atom. The number of carbonyl (C=O) groups excluding carboxylic acids is 1. The Kier molecular flexibility index (Phi) is 4.52. The summed E-state index contributed by atoms with van der Waals surface area (Å²) in [5, 5.41) is 19.8. The van der Waals surface area contributed by atoms with Crippen LogP contribution in [0.15, 0.2) is 0 Å². The molecule has 130 valence electrons. The first-order valence-electron chi connectivity index (χ1n) is 6.54. The fraction of sp³-hybridized carbons (Fsp3) is 0.455. The minimum atomic E-state index is -4.70. The van der Waals surface area contributed by atoms with E-state index in [1.54, 1.807) is 5.10 Å². The van der Waals surface area contributed by atoms with Gasteiger partial charge in [0, 0.05) is 6.04 Å². The average Bonchev–Trinajstić information content (AvgIpc) is 3.02. The van der Waals surface area contributed by atoms with Gasteiger partial charge in [-0.15, -0.1) is 10.2 Å². The molecule has 1 unspecified atom stereocenters. The highest BCUT2D eigenvalue weighted by Gasteiger charge is 2.35. The summed E-state index contributed by atoms with van der Waals surface area (Å²) in [6.07, 6.45) is -5.01. The lowest BCUT2D eigenvalue weighted by molar-refractivity contribution is -0.144. The van der Waals surface area contributed by atoms with Gasteiger partial charge in [0.25, 0.3) is 11.9 Å². The molecule has 10 nitrogen and oxygen atoms in total. The summed E-state index contributed by atoms with van der Waals surface area (Å²) in [6.45, 7) is 2.87. The van der Waals surface area contributed by atoms with Gasteiger partial charge in [0.05, 0.1) is 6.42 Å². The lowest BCUT2D eigenvalue weighted by Gasteiger charge is -2.08. The van der Waals surface area contributed by atoms with Crippen LogP contribution >= 0.6 is 0 Å². The molecule has 0 aliphatic heterocycles. The number of amides is 1. The molecular formula is C11H12F3N7O3. The topological polar surface area (TPSA) is 139 Å². The molecule has 0 bridgehead atoms. The van der Waals surface area contributed by atoms with Crippen LogP contribution in [0.1, 0.15) is 35.6 Å². The molecule has 0 aliphatic carbocycles. The average molecular weight is 347 g/mol. The fourth-order valence-electron chi connectivity index (χ4n) is 1.75. The maximum absolute atomic E-state index is 12.5. The standard InChI is InChI=1S/C11H12F3N7O3/c1-4(3-6(22)23)15-8(24)7-16-5(2)21(20-7)10-17-9(18-19-10)11(12,13)14/h4H,3H2,1-2H3,(H,15,24)(H,22,23)(H,17,18,19). The van der Waals surface area contributed by atoms with E-state index in [1.807, 2.05) is 0 Å². The number of carboxylic acids is 1. The Labute approximate surface area is 132 Å². The van der Waals surface area contributed by atoms with E-state index in [0.717, 1.165) is 4.68 Å². The number of halogens is 3. The van der Waals surface area contributed by atoms with E-state index >= 15 is 0 Å². The van der Waals surface area contributed by atoms with Crippen LogP contribution in [0.4, 0.5) is 13.2 Å². The zero-order chi connectivity index (χ0) is 18.1. The number of aromatic nitrogens is 6. The molecule has 1 atom stereocenters. The van der Waals surface area contributed by atoms with Gasteiger partial charge in [0.15, 0.2) is 0 Å². The molecule has 2 heterocycles. The van der Waals surface area contributed by atoms with Gasteiger partial charge in [-0.05, 0) is 13.8 Å². The van der Waals surface area contributed by atoms with E-state index in [9.17, 15) is 22.8 Å². The van der Waals surface area contributed by atoms with Crippen molar-refractivity contribution in [3.8, 4) is 5.95 Å². The summed E-state index contributed by atoms with van der Waals surface area (Å²) in [7, 11) is 0. The van der Waals surface area contributed by atoms with Crippen molar-refractivity contribution in [1.29, 1.82) is 0 Å². The van der Waals surface area contributed by atoms with Crippen molar-refractivity contribution in [2.45, 2.75) is 32.5 Å². The summed E-state index contributed by atoms with van der Waals surface area (Å²) in [6, 6.07) is -0.678. The van der Waals surface area contributed by atoms with Gasteiger partial charge in [0.2, 0.25) is 11.6 Å². The Bertz CT molecular complexity index is 767. The Balaban J connectivity index is 2.19. The minimum Gasteiger partial charge on any atom is -0.481 e. The summed E-state index contributed by atoms with van der Waals surface area (Å²) in [5.41, 5.74) is 0. The minimum absolute atomic E-state index is 0.0822. The van der Waals surface area contributed by atoms with Gasteiger partial charge in [-0.1, -0.05) is 0 Å². The highest BCUT2D eigenvalue weighted by Crippen LogP contribution is 2.26. The number of aryl methyl sites for hydroxylation is 1. The van der Waals surface area contributed by atoms with Crippen molar-refractivity contribution >= 4 is 11.9 Å². The monoisotopic (exact) mass is 347 g/mol. The molecule has 0 spiro atoms. The number of H-pyrrole nitrogens is 1. The number of carboxylic acid groups (broad SMARTS) is 1. The van der Waals surface area contributed by atoms with E-state index in [4.69, 9.17) is 5.11 Å². The summed E-state index contributed by atoms with van der Waals surface area (Å²) in [4.78, 5) is 29.5. The number of rotatable bonds is 5. The fourth-order valence-corrected chi connectivity index (χ4v) is 1.75. The van der Waals surface area contributed by atoms with Gasteiger partial charge < -0.3 is 10.4 Å². The molecule has 0 aliphatic rings. The van der Waals surface area contributed by atoms with Crippen LogP contribution in [0.25, 0.3) is 5.95 Å². The molecule has 13 heteroatoms. The van der Waals surface area contributed by atoms with Crippen LogP contribution in [0.3, 0.4) is 0 Å². The van der Waals surface area contributed by atoms with Gasteiger partial charge >= 0.3 is 12.1 Å². The van der Waals surface area contributed by atoms with E-state index in [1.165, 1.54) is 13.8 Å². The predicted octanol–water partition coefficient (Wildman–Crippen LogP) is 0.306. The van der Waals surface area contributed by atoms with E-state index in [0.29, 0.717) is 0 Å². The zero-order valence-electron chi connectivity index (χ0n) is 12.4. The largest absolute Gasteiger partial charge is 0.481 e. The number of aromatic amines is 1. The zero-order valence-corrected chi connectivity index (χ0v) is 12.4. The molecule has 2 aromatic heterocycles. The van der Waals surface area contributed by atoms with Gasteiger partial charge in [0.1, 0.15) is 5.82 Å². The van der Waals surface area contributed by atoms with Crippen molar-refractivity contribution in [1.82, 2.24) is 35.3 Å². The normalized spacial score (nSPS) is 12.9. The van der Waals surface area contributed by atoms with E-state index in [2.05, 4.69) is 25.5 Å². The predicted molar refractivity (Wildman–Crippen MR) is 70.2 cm³/mol. The first-order chi connectivity index (χ1) is 11.1. The number of carbonyl (C=O) groups is 2. The van der Waals surface area contributed by atoms with Crippen LogP contribution in [0, 0.1) is 6.92 Å². The molecule has 0 fully saturated rings. The molecule has 2 aromatic rings. The second-order valence-corrected chi connectivity index (χ2v) is 4.85. The van der Waals surface area contributed by atoms with Gasteiger partial charge in [-0.3, -0.25) is 14.7 Å². The maximum atomic E-state index is 12.5. The third kappa shape index (κ3) is 3.85. The second kappa shape index (κ2) is 6.25. The van der Waals surface area contributed by atoms with Crippen LogP contribution < -0.4 is 5.32 Å². The Morgan fingerprint density at radius 1 is 1.38 bits per heavy atom. The lowest BCUT2D eigenvalue weighted by Crippen LogP contribution is -2.34. The van der Waals surface area contributed by atoms with E-state index in [-0.39, 0.29) is 18.1 Å². The number of hydrogen-bond donors (Lipinski definition) is 3. The first kappa shape index (κ1) is 17.4. The molecule has 1 amide bonds. The third-order valence-corrected chi connectivity index (χ3v) is 2.76. The molecule has 0 radical (unpaired) electrons. The van der Waals surface area contributed by atoms with Crippen molar-refractivity contribution < 1.29 is 27.9 Å². The van der Waals surface area contributed by atoms with Crippen molar-refractivity contribution in [2.75, 3.05) is 0 Å². The summed E-state index contributed by atoms with van der Waals surface area (Å²) < 4.78 is 38.4. The lowest BCUT2D eigenvalue weighted by atomic mass is 10.2. The quantitative estimate of drug-likeness (QED) is 0.707.